The molecule has 1 N–H and O–H groups in total. The van der Waals surface area contributed by atoms with Crippen LogP contribution in [-0.4, -0.2) is 37.1 Å². The van der Waals surface area contributed by atoms with Crippen molar-refractivity contribution in [1.82, 2.24) is 10.0 Å². The molecule has 1 unspecified atom stereocenters. The number of sulfonamides is 1. The lowest BCUT2D eigenvalue weighted by atomic mass is 10.1. The Labute approximate surface area is 79.1 Å². The van der Waals surface area contributed by atoms with E-state index >= 15 is 0 Å². The number of rotatable bonds is 2. The molecular weight excluding hydrogens is 188 g/mol. The van der Waals surface area contributed by atoms with Gasteiger partial charge in [0.2, 0.25) is 10.0 Å². The molecule has 1 heterocycles. The van der Waals surface area contributed by atoms with Crippen LogP contribution in [0, 0.1) is 0 Å². The Morgan fingerprint density at radius 2 is 1.92 bits per heavy atom. The van der Waals surface area contributed by atoms with Gasteiger partial charge in [-0.25, -0.2) is 12.7 Å². The van der Waals surface area contributed by atoms with Crippen LogP contribution in [0.2, 0.25) is 0 Å². The summed E-state index contributed by atoms with van der Waals surface area (Å²) >= 11 is 0. The van der Waals surface area contributed by atoms with Crippen molar-refractivity contribution >= 4 is 10.0 Å². The summed E-state index contributed by atoms with van der Waals surface area (Å²) in [6.07, 6.45) is 3.33. The van der Waals surface area contributed by atoms with E-state index in [-0.39, 0.29) is 11.3 Å². The van der Waals surface area contributed by atoms with Gasteiger partial charge in [0, 0.05) is 19.1 Å². The van der Waals surface area contributed by atoms with E-state index in [1.807, 2.05) is 0 Å². The molecule has 1 saturated carbocycles. The number of piperidine rings is 1. The van der Waals surface area contributed by atoms with Gasteiger partial charge in [0.15, 0.2) is 0 Å². The molecule has 0 spiro atoms. The zero-order valence-electron chi connectivity index (χ0n) is 7.57. The summed E-state index contributed by atoms with van der Waals surface area (Å²) in [6, 6.07) is -0.206. The van der Waals surface area contributed by atoms with E-state index in [0.29, 0.717) is 13.1 Å². The summed E-state index contributed by atoms with van der Waals surface area (Å²) in [6.45, 7) is 1.05. The Bertz CT molecular complexity index is 285. The zero-order valence-corrected chi connectivity index (χ0v) is 8.39. The normalized spacial score (nSPS) is 31.9. The Morgan fingerprint density at radius 1 is 1.23 bits per heavy atom. The SMILES string of the molecule is [NH]C1CCCN(S(=O)(=O)C2CC2)C1. The molecule has 2 aliphatic rings. The monoisotopic (exact) mass is 203 g/mol. The van der Waals surface area contributed by atoms with Crippen LogP contribution < -0.4 is 5.73 Å². The van der Waals surface area contributed by atoms with Crippen LogP contribution in [0.4, 0.5) is 0 Å². The molecule has 0 bridgehead atoms. The Hall–Kier alpha value is -0.130. The molecule has 1 aliphatic heterocycles. The molecule has 1 atom stereocenters. The van der Waals surface area contributed by atoms with Gasteiger partial charge in [-0.1, -0.05) is 0 Å². The standard InChI is InChI=1S/C8H15N2O2S/c9-7-2-1-5-10(6-7)13(11,12)8-3-4-8/h7-9H,1-6H2. The summed E-state index contributed by atoms with van der Waals surface area (Å²) in [5, 5.41) is -0.113. The van der Waals surface area contributed by atoms with Crippen molar-refractivity contribution in [3.05, 3.63) is 0 Å². The second kappa shape index (κ2) is 3.22. The van der Waals surface area contributed by atoms with Gasteiger partial charge in [0.25, 0.3) is 0 Å². The van der Waals surface area contributed by atoms with Crippen LogP contribution in [0.5, 0.6) is 0 Å². The third kappa shape index (κ3) is 1.87. The highest BCUT2D eigenvalue weighted by atomic mass is 32.2. The molecule has 2 fully saturated rings. The first-order valence-electron chi connectivity index (χ1n) is 4.81. The fourth-order valence-electron chi connectivity index (χ4n) is 1.75. The predicted molar refractivity (Wildman–Crippen MR) is 49.6 cm³/mol. The first-order chi connectivity index (χ1) is 6.10. The predicted octanol–water partition coefficient (Wildman–Crippen LogP) is 0.226. The first-order valence-corrected chi connectivity index (χ1v) is 6.31. The van der Waals surface area contributed by atoms with E-state index in [1.165, 1.54) is 4.31 Å². The molecule has 1 radical (unpaired) electrons. The topological polar surface area (TPSA) is 61.2 Å². The molecule has 1 saturated heterocycles. The van der Waals surface area contributed by atoms with Crippen LogP contribution in [0.15, 0.2) is 0 Å². The number of hydrogen-bond donors (Lipinski definition) is 0. The van der Waals surface area contributed by atoms with Crippen LogP contribution in [0.3, 0.4) is 0 Å². The third-order valence-electron chi connectivity index (χ3n) is 2.69. The minimum absolute atomic E-state index is 0.113. The highest BCUT2D eigenvalue weighted by Gasteiger charge is 2.41. The average Bonchev–Trinajstić information content (AvgIpc) is 2.86. The van der Waals surface area contributed by atoms with Crippen molar-refractivity contribution in [2.24, 2.45) is 0 Å². The fraction of sp³-hybridized carbons (Fsp3) is 1.00. The van der Waals surface area contributed by atoms with E-state index in [4.69, 9.17) is 5.73 Å². The van der Waals surface area contributed by atoms with Crippen molar-refractivity contribution in [2.45, 2.75) is 37.0 Å². The lowest BCUT2D eigenvalue weighted by Crippen LogP contribution is -2.44. The van der Waals surface area contributed by atoms with E-state index in [9.17, 15) is 8.42 Å². The van der Waals surface area contributed by atoms with Gasteiger partial charge in [0.1, 0.15) is 0 Å². The van der Waals surface area contributed by atoms with Gasteiger partial charge in [-0.3, -0.25) is 5.73 Å². The molecule has 4 nitrogen and oxygen atoms in total. The molecule has 1 aliphatic carbocycles. The Kier molecular flexibility index (Phi) is 2.33. The van der Waals surface area contributed by atoms with Gasteiger partial charge in [0.05, 0.1) is 5.25 Å². The van der Waals surface area contributed by atoms with Crippen molar-refractivity contribution in [3.8, 4) is 0 Å². The summed E-state index contributed by atoms with van der Waals surface area (Å²) in [5.41, 5.74) is 7.54. The maximum Gasteiger partial charge on any atom is 0.217 e. The molecule has 0 aromatic rings. The second-order valence-electron chi connectivity index (χ2n) is 3.94. The van der Waals surface area contributed by atoms with E-state index in [1.54, 1.807) is 0 Å². The van der Waals surface area contributed by atoms with E-state index < -0.39 is 10.0 Å². The van der Waals surface area contributed by atoms with Gasteiger partial charge in [-0.2, -0.15) is 0 Å². The summed E-state index contributed by atoms with van der Waals surface area (Å²) in [7, 11) is -3.01. The molecule has 5 heteroatoms. The maximum atomic E-state index is 11.7. The molecule has 13 heavy (non-hydrogen) atoms. The quantitative estimate of drug-likeness (QED) is 0.645. The third-order valence-corrected chi connectivity index (χ3v) is 5.05. The van der Waals surface area contributed by atoms with Crippen LogP contribution in [-0.2, 0) is 10.0 Å². The second-order valence-corrected chi connectivity index (χ2v) is 6.15. The Morgan fingerprint density at radius 3 is 2.46 bits per heavy atom. The average molecular weight is 203 g/mol. The van der Waals surface area contributed by atoms with Gasteiger partial charge in [-0.15, -0.1) is 0 Å². The lowest BCUT2D eigenvalue weighted by Gasteiger charge is -2.29. The number of nitrogens with one attached hydrogen (secondary N) is 1. The largest absolute Gasteiger partial charge is 0.253 e. The summed E-state index contributed by atoms with van der Waals surface area (Å²) in [5.74, 6) is 0. The van der Waals surface area contributed by atoms with Crippen molar-refractivity contribution < 1.29 is 8.42 Å². The van der Waals surface area contributed by atoms with E-state index in [2.05, 4.69) is 0 Å². The van der Waals surface area contributed by atoms with Crippen LogP contribution >= 0.6 is 0 Å². The molecule has 75 valence electrons. The van der Waals surface area contributed by atoms with Crippen LogP contribution in [0.1, 0.15) is 25.7 Å². The molecule has 0 aromatic carbocycles. The highest BCUT2D eigenvalue weighted by molar-refractivity contribution is 7.90. The summed E-state index contributed by atoms with van der Waals surface area (Å²) in [4.78, 5) is 0. The molecule has 0 amide bonds. The summed E-state index contributed by atoms with van der Waals surface area (Å²) < 4.78 is 25.0. The molecule has 2 rings (SSSR count). The number of nitrogens with zero attached hydrogens (tertiary/aromatic N) is 1. The molecular formula is C8H15N2O2S. The van der Waals surface area contributed by atoms with Crippen molar-refractivity contribution in [3.63, 3.8) is 0 Å². The van der Waals surface area contributed by atoms with E-state index in [0.717, 1.165) is 25.7 Å². The fourth-order valence-corrected chi connectivity index (χ4v) is 3.68. The van der Waals surface area contributed by atoms with Gasteiger partial charge >= 0.3 is 0 Å². The van der Waals surface area contributed by atoms with Crippen molar-refractivity contribution in [1.29, 1.82) is 0 Å². The van der Waals surface area contributed by atoms with Gasteiger partial charge < -0.3 is 0 Å². The maximum absolute atomic E-state index is 11.7. The minimum atomic E-state index is -3.01. The first kappa shape index (κ1) is 9.43. The number of hydrogen-bond acceptors (Lipinski definition) is 2. The van der Waals surface area contributed by atoms with Crippen molar-refractivity contribution in [2.75, 3.05) is 13.1 Å². The van der Waals surface area contributed by atoms with Gasteiger partial charge in [-0.05, 0) is 25.7 Å². The zero-order chi connectivity index (χ0) is 9.47. The molecule has 0 aromatic heterocycles. The lowest BCUT2D eigenvalue weighted by molar-refractivity contribution is 0.311. The highest BCUT2D eigenvalue weighted by Crippen LogP contribution is 2.32. The Balaban J connectivity index is 2.06. The smallest absolute Gasteiger partial charge is 0.217 e. The minimum Gasteiger partial charge on any atom is -0.253 e. The van der Waals surface area contributed by atoms with Crippen LogP contribution in [0.25, 0.3) is 0 Å².